The van der Waals surface area contributed by atoms with Crippen LogP contribution >= 0.6 is 15.9 Å². The van der Waals surface area contributed by atoms with Gasteiger partial charge in [-0.1, -0.05) is 15.9 Å². The van der Waals surface area contributed by atoms with Crippen molar-refractivity contribution in [1.29, 1.82) is 0 Å². The third-order valence-electron chi connectivity index (χ3n) is 2.93. The van der Waals surface area contributed by atoms with E-state index in [0.717, 1.165) is 0 Å². The van der Waals surface area contributed by atoms with Crippen LogP contribution in [0.25, 0.3) is 0 Å². The lowest BCUT2D eigenvalue weighted by Gasteiger charge is -2.41. The van der Waals surface area contributed by atoms with Gasteiger partial charge in [-0.15, -0.1) is 0 Å². The van der Waals surface area contributed by atoms with Crippen LogP contribution in [0.1, 0.15) is 12.8 Å². The lowest BCUT2D eigenvalue weighted by atomic mass is 9.61. The molecule has 0 atom stereocenters. The minimum absolute atomic E-state index is 0.157. The summed E-state index contributed by atoms with van der Waals surface area (Å²) in [5.41, 5.74) is -0.923. The number of rotatable bonds is 3. The maximum atomic E-state index is 12.4. The number of fused-ring (bicyclic) bond motifs is 1. The maximum Gasteiger partial charge on any atom is 0.152 e. The molecule has 3 rings (SSSR count). The van der Waals surface area contributed by atoms with Gasteiger partial charge in [0.15, 0.2) is 5.78 Å². The largest absolute Gasteiger partial charge is 0.371 e. The first-order valence-corrected chi connectivity index (χ1v) is 5.08. The van der Waals surface area contributed by atoms with E-state index in [1.165, 1.54) is 0 Å². The Morgan fingerprint density at radius 2 is 2.25 bits per heavy atom. The van der Waals surface area contributed by atoms with Crippen LogP contribution in [0.15, 0.2) is 0 Å². The fraction of sp³-hybridized carbons (Fsp3) is 0.875. The summed E-state index contributed by atoms with van der Waals surface area (Å²) in [7, 11) is 0. The molecule has 2 heterocycles. The molecule has 2 bridgehead atoms. The summed E-state index contributed by atoms with van der Waals surface area (Å²) in [6.45, 7) is -0.0360. The Labute approximate surface area is 78.6 Å². The Bertz CT molecular complexity index is 223. The van der Waals surface area contributed by atoms with Gasteiger partial charge in [0.05, 0.1) is 23.0 Å². The molecule has 2 nitrogen and oxygen atoms in total. The molecule has 0 radical (unpaired) electrons. The number of carbonyl (C=O) groups excluding carboxylic acids is 1. The monoisotopic (exact) mass is 236 g/mol. The molecule has 12 heavy (non-hydrogen) atoms. The molecule has 0 aromatic carbocycles. The highest BCUT2D eigenvalue weighted by Crippen LogP contribution is 2.58. The molecular weight excluding hydrogens is 227 g/mol. The van der Waals surface area contributed by atoms with Crippen molar-refractivity contribution in [2.24, 2.45) is 5.41 Å². The summed E-state index contributed by atoms with van der Waals surface area (Å²) >= 11 is 3.13. The maximum absolute atomic E-state index is 12.4. The van der Waals surface area contributed by atoms with Gasteiger partial charge in [-0.3, -0.25) is 4.79 Å². The molecule has 0 spiro atoms. The molecule has 3 aliphatic rings. The van der Waals surface area contributed by atoms with E-state index in [2.05, 4.69) is 15.9 Å². The Hall–Kier alpha value is 0.0400. The Kier molecular flexibility index (Phi) is 1.81. The van der Waals surface area contributed by atoms with Gasteiger partial charge in [0, 0.05) is 0 Å². The first-order valence-electron chi connectivity index (χ1n) is 3.96. The van der Waals surface area contributed by atoms with Crippen LogP contribution in [-0.2, 0) is 9.53 Å². The summed E-state index contributed by atoms with van der Waals surface area (Å²) in [5.74, 6) is 0.157. The third-order valence-corrected chi connectivity index (χ3v) is 3.44. The van der Waals surface area contributed by atoms with Gasteiger partial charge >= 0.3 is 0 Å². The third kappa shape index (κ3) is 0.909. The average Bonchev–Trinajstić information content (AvgIpc) is 2.57. The first kappa shape index (κ1) is 8.63. The second kappa shape index (κ2) is 2.51. The molecule has 3 fully saturated rings. The molecule has 0 unspecified atom stereocenters. The van der Waals surface area contributed by atoms with Gasteiger partial charge in [0.1, 0.15) is 6.67 Å². The van der Waals surface area contributed by atoms with Gasteiger partial charge < -0.3 is 4.74 Å². The van der Waals surface area contributed by atoms with E-state index in [9.17, 15) is 9.18 Å². The number of alkyl halides is 2. The zero-order chi connectivity index (χ0) is 8.82. The van der Waals surface area contributed by atoms with Crippen LogP contribution in [0, 0.1) is 5.41 Å². The van der Waals surface area contributed by atoms with E-state index in [1.54, 1.807) is 0 Å². The number of Topliss-reactive ketones (excluding diaryl/α,β-unsaturated/α-hetero) is 1. The molecule has 0 amide bonds. The van der Waals surface area contributed by atoms with Crippen molar-refractivity contribution >= 4 is 21.7 Å². The van der Waals surface area contributed by atoms with E-state index < -0.39 is 12.3 Å². The van der Waals surface area contributed by atoms with Crippen molar-refractivity contribution in [3.63, 3.8) is 0 Å². The van der Waals surface area contributed by atoms with Crippen LogP contribution < -0.4 is 0 Å². The number of ketones is 1. The zero-order valence-electron chi connectivity index (χ0n) is 6.61. The summed E-state index contributed by atoms with van der Waals surface area (Å²) < 4.78 is 17.7. The highest BCUT2D eigenvalue weighted by Gasteiger charge is 2.65. The van der Waals surface area contributed by atoms with Crippen LogP contribution in [0.3, 0.4) is 0 Å². The first-order chi connectivity index (χ1) is 5.66. The lowest BCUT2D eigenvalue weighted by molar-refractivity contribution is -0.131. The van der Waals surface area contributed by atoms with Crippen molar-refractivity contribution in [2.45, 2.75) is 18.4 Å². The van der Waals surface area contributed by atoms with Crippen LogP contribution in [0.5, 0.6) is 0 Å². The molecule has 1 aliphatic carbocycles. The van der Waals surface area contributed by atoms with Gasteiger partial charge in [-0.05, 0) is 12.8 Å². The highest BCUT2D eigenvalue weighted by atomic mass is 79.9. The fourth-order valence-corrected chi connectivity index (χ4v) is 2.82. The van der Waals surface area contributed by atoms with Crippen molar-refractivity contribution in [3.8, 4) is 0 Å². The van der Waals surface area contributed by atoms with Crippen molar-refractivity contribution in [3.05, 3.63) is 0 Å². The minimum atomic E-state index is -0.585. The quantitative estimate of drug-likeness (QED) is 0.695. The van der Waals surface area contributed by atoms with Gasteiger partial charge in [0.25, 0.3) is 0 Å². The van der Waals surface area contributed by atoms with Gasteiger partial charge in [-0.2, -0.15) is 0 Å². The van der Waals surface area contributed by atoms with Crippen LogP contribution in [-0.4, -0.2) is 30.0 Å². The molecular formula is C8H10BrFO2. The highest BCUT2D eigenvalue weighted by molar-refractivity contribution is 9.09. The summed E-state index contributed by atoms with van der Waals surface area (Å²) in [6.07, 6.45) is 1.17. The standard InChI is InChI=1S/C8H10BrFO2/c9-1-6(11)7-2-8(3-7,4-10)12-5-7/h1-5H2. The second-order valence-corrected chi connectivity index (χ2v) is 4.36. The second-order valence-electron chi connectivity index (χ2n) is 3.80. The number of hydrogen-bond donors (Lipinski definition) is 0. The van der Waals surface area contributed by atoms with Gasteiger partial charge in [0.2, 0.25) is 0 Å². The van der Waals surface area contributed by atoms with E-state index in [1.807, 2.05) is 0 Å². The van der Waals surface area contributed by atoms with E-state index in [4.69, 9.17) is 4.74 Å². The van der Waals surface area contributed by atoms with Crippen LogP contribution in [0.2, 0.25) is 0 Å². The predicted molar refractivity (Wildman–Crippen MR) is 45.1 cm³/mol. The smallest absolute Gasteiger partial charge is 0.152 e. The number of hydrogen-bond acceptors (Lipinski definition) is 2. The molecule has 0 N–H and O–H groups in total. The van der Waals surface area contributed by atoms with E-state index in [-0.39, 0.29) is 11.2 Å². The molecule has 4 heteroatoms. The molecule has 2 saturated heterocycles. The van der Waals surface area contributed by atoms with Crippen molar-refractivity contribution in [2.75, 3.05) is 18.6 Å². The SMILES string of the molecule is O=C(CBr)C12COC(CF)(C1)C2. The number of carbonyl (C=O) groups is 1. The summed E-state index contributed by atoms with van der Waals surface area (Å²) in [4.78, 5) is 11.4. The average molecular weight is 237 g/mol. The lowest BCUT2D eigenvalue weighted by Crippen LogP contribution is -2.50. The topological polar surface area (TPSA) is 26.3 Å². The molecule has 0 aromatic heterocycles. The molecule has 1 saturated carbocycles. The number of ether oxygens (including phenoxy) is 1. The molecule has 0 aromatic rings. The normalized spacial score (nSPS) is 44.2. The van der Waals surface area contributed by atoms with Crippen LogP contribution in [0.4, 0.5) is 4.39 Å². The minimum Gasteiger partial charge on any atom is -0.371 e. The molecule has 68 valence electrons. The summed E-state index contributed by atoms with van der Waals surface area (Å²) in [6, 6.07) is 0. The van der Waals surface area contributed by atoms with Gasteiger partial charge in [-0.25, -0.2) is 4.39 Å². The van der Waals surface area contributed by atoms with Crippen molar-refractivity contribution < 1.29 is 13.9 Å². The number of halogens is 2. The Morgan fingerprint density at radius 1 is 1.58 bits per heavy atom. The van der Waals surface area contributed by atoms with Crippen molar-refractivity contribution in [1.82, 2.24) is 0 Å². The van der Waals surface area contributed by atoms with E-state index in [0.29, 0.717) is 24.8 Å². The Morgan fingerprint density at radius 3 is 2.67 bits per heavy atom. The predicted octanol–water partition coefficient (Wildman–Crippen LogP) is 1.47. The summed E-state index contributed by atoms with van der Waals surface area (Å²) in [5, 5.41) is 0.360. The van der Waals surface area contributed by atoms with E-state index >= 15 is 0 Å². The Balaban J connectivity index is 2.09. The zero-order valence-corrected chi connectivity index (χ0v) is 8.19. The molecule has 2 aliphatic heterocycles. The fourth-order valence-electron chi connectivity index (χ4n) is 2.23.